The van der Waals surface area contributed by atoms with Gasteiger partial charge < -0.3 is 10.0 Å². The molecule has 0 aromatic rings. The van der Waals surface area contributed by atoms with Gasteiger partial charge in [0, 0.05) is 18.4 Å². The molecule has 0 amide bonds. The van der Waals surface area contributed by atoms with E-state index in [-0.39, 0.29) is 24.0 Å². The van der Waals surface area contributed by atoms with Gasteiger partial charge in [0.05, 0.1) is 6.42 Å². The van der Waals surface area contributed by atoms with Gasteiger partial charge in [0.2, 0.25) is 0 Å². The Kier molecular flexibility index (Phi) is 2.54. The fourth-order valence-corrected chi connectivity index (χ4v) is 2.51. The van der Waals surface area contributed by atoms with E-state index in [1.54, 1.807) is 0 Å². The van der Waals surface area contributed by atoms with Gasteiger partial charge >= 0.3 is 5.97 Å². The molecular formula is C10H15NO3. The van der Waals surface area contributed by atoms with E-state index in [1.165, 1.54) is 0 Å². The van der Waals surface area contributed by atoms with Gasteiger partial charge in [0.1, 0.15) is 5.78 Å². The van der Waals surface area contributed by atoms with Crippen molar-refractivity contribution in [2.75, 3.05) is 19.6 Å². The summed E-state index contributed by atoms with van der Waals surface area (Å²) in [6.45, 7) is 2.58. The molecule has 0 aromatic heterocycles. The Bertz CT molecular complexity index is 256. The van der Waals surface area contributed by atoms with Gasteiger partial charge in [-0.3, -0.25) is 9.59 Å². The smallest absolute Gasteiger partial charge is 0.304 e. The quantitative estimate of drug-likeness (QED) is 0.695. The zero-order chi connectivity index (χ0) is 10.1. The van der Waals surface area contributed by atoms with Gasteiger partial charge in [-0.15, -0.1) is 0 Å². The standard InChI is InChI=1S/C10H15NO3/c12-9(13)5-8-6-11-3-1-7(2-4-11)10(8)14/h7-8H,1-6H2,(H,12,13). The largest absolute Gasteiger partial charge is 0.481 e. The Hall–Kier alpha value is -0.900. The monoisotopic (exact) mass is 197 g/mol. The van der Waals surface area contributed by atoms with Crippen molar-refractivity contribution >= 4 is 11.8 Å². The number of rotatable bonds is 2. The lowest BCUT2D eigenvalue weighted by Crippen LogP contribution is -2.32. The van der Waals surface area contributed by atoms with E-state index in [4.69, 9.17) is 5.11 Å². The van der Waals surface area contributed by atoms with E-state index in [0.717, 1.165) is 25.9 Å². The third-order valence-corrected chi connectivity index (χ3v) is 3.29. The van der Waals surface area contributed by atoms with E-state index >= 15 is 0 Å². The molecule has 4 heteroatoms. The number of carbonyl (C=O) groups is 2. The van der Waals surface area contributed by atoms with Crippen LogP contribution in [0.5, 0.6) is 0 Å². The predicted molar refractivity (Wildman–Crippen MR) is 49.9 cm³/mol. The first-order valence-electron chi connectivity index (χ1n) is 5.14. The van der Waals surface area contributed by atoms with Crippen molar-refractivity contribution in [1.82, 2.24) is 4.90 Å². The number of piperidine rings is 1. The number of nitrogens with zero attached hydrogens (tertiary/aromatic N) is 1. The summed E-state index contributed by atoms with van der Waals surface area (Å²) in [6.07, 6.45) is 1.86. The van der Waals surface area contributed by atoms with Gasteiger partial charge in [0.25, 0.3) is 0 Å². The van der Waals surface area contributed by atoms with Crippen LogP contribution >= 0.6 is 0 Å². The molecular weight excluding hydrogens is 182 g/mol. The molecule has 78 valence electrons. The summed E-state index contributed by atoms with van der Waals surface area (Å²) in [6, 6.07) is 0. The molecule has 0 saturated carbocycles. The second-order valence-corrected chi connectivity index (χ2v) is 4.27. The maximum Gasteiger partial charge on any atom is 0.304 e. The molecule has 3 heterocycles. The van der Waals surface area contributed by atoms with Crippen molar-refractivity contribution in [3.05, 3.63) is 0 Å². The summed E-state index contributed by atoms with van der Waals surface area (Å²) in [4.78, 5) is 24.7. The zero-order valence-corrected chi connectivity index (χ0v) is 8.11. The molecule has 1 unspecified atom stereocenters. The molecule has 0 spiro atoms. The fourth-order valence-electron chi connectivity index (χ4n) is 2.51. The maximum atomic E-state index is 11.8. The SMILES string of the molecule is O=C(O)CC1CN2CCC(CC2)C1=O. The average Bonchev–Trinajstić information content (AvgIpc) is 2.36. The summed E-state index contributed by atoms with van der Waals surface area (Å²) in [5, 5.41) is 8.70. The Morgan fingerprint density at radius 1 is 1.43 bits per heavy atom. The molecule has 3 rings (SSSR count). The van der Waals surface area contributed by atoms with Gasteiger partial charge in [-0.2, -0.15) is 0 Å². The van der Waals surface area contributed by atoms with Crippen LogP contribution in [0, 0.1) is 11.8 Å². The Morgan fingerprint density at radius 2 is 2.07 bits per heavy atom. The molecule has 3 saturated heterocycles. The predicted octanol–water partition coefficient (Wildman–Crippen LogP) is 0.372. The van der Waals surface area contributed by atoms with E-state index in [9.17, 15) is 9.59 Å². The fraction of sp³-hybridized carbons (Fsp3) is 0.800. The number of fused-ring (bicyclic) bond motifs is 4. The minimum atomic E-state index is -0.856. The van der Waals surface area contributed by atoms with Gasteiger partial charge in [-0.1, -0.05) is 0 Å². The van der Waals surface area contributed by atoms with Gasteiger partial charge in [0.15, 0.2) is 0 Å². The highest BCUT2D eigenvalue weighted by atomic mass is 16.4. The molecule has 1 N–H and O–H groups in total. The molecule has 0 radical (unpaired) electrons. The molecule has 14 heavy (non-hydrogen) atoms. The van der Waals surface area contributed by atoms with Crippen LogP contribution in [0.1, 0.15) is 19.3 Å². The Morgan fingerprint density at radius 3 is 2.64 bits per heavy atom. The van der Waals surface area contributed by atoms with Gasteiger partial charge in [-0.05, 0) is 25.9 Å². The third-order valence-electron chi connectivity index (χ3n) is 3.29. The second-order valence-electron chi connectivity index (χ2n) is 4.27. The topological polar surface area (TPSA) is 57.6 Å². The number of hydrogen-bond donors (Lipinski definition) is 1. The minimum absolute atomic E-state index is 0.00579. The first-order valence-corrected chi connectivity index (χ1v) is 5.14. The highest BCUT2D eigenvalue weighted by Crippen LogP contribution is 2.28. The maximum absolute atomic E-state index is 11.8. The van der Waals surface area contributed by atoms with Crippen LogP contribution < -0.4 is 0 Å². The third kappa shape index (κ3) is 1.80. The number of hydrogen-bond acceptors (Lipinski definition) is 3. The molecule has 0 aliphatic carbocycles. The van der Waals surface area contributed by atoms with Crippen molar-refractivity contribution in [3.8, 4) is 0 Å². The number of carbonyl (C=O) groups excluding carboxylic acids is 1. The summed E-state index contributed by atoms with van der Waals surface area (Å²) in [5.74, 6) is -0.793. The lowest BCUT2D eigenvalue weighted by molar-refractivity contribution is -0.141. The Balaban J connectivity index is 2.10. The summed E-state index contributed by atoms with van der Waals surface area (Å²) < 4.78 is 0. The number of Topliss-reactive ketones (excluding diaryl/α,β-unsaturated/α-hetero) is 1. The molecule has 0 aromatic carbocycles. The Labute approximate surface area is 82.9 Å². The molecule has 3 aliphatic rings. The molecule has 3 aliphatic heterocycles. The van der Waals surface area contributed by atoms with Crippen molar-refractivity contribution in [1.29, 1.82) is 0 Å². The van der Waals surface area contributed by atoms with Crippen molar-refractivity contribution in [2.24, 2.45) is 11.8 Å². The van der Waals surface area contributed by atoms with E-state index in [2.05, 4.69) is 4.90 Å². The number of ketones is 1. The van der Waals surface area contributed by atoms with Crippen LogP contribution in [0.15, 0.2) is 0 Å². The number of carboxylic acids is 1. The van der Waals surface area contributed by atoms with Crippen LogP contribution in [-0.4, -0.2) is 41.4 Å². The minimum Gasteiger partial charge on any atom is -0.481 e. The normalized spacial score (nSPS) is 36.9. The molecule has 4 nitrogen and oxygen atoms in total. The number of aliphatic carboxylic acids is 1. The van der Waals surface area contributed by atoms with Gasteiger partial charge in [-0.25, -0.2) is 0 Å². The van der Waals surface area contributed by atoms with Crippen LogP contribution in [0.4, 0.5) is 0 Å². The lowest BCUT2D eigenvalue weighted by atomic mass is 9.88. The highest BCUT2D eigenvalue weighted by Gasteiger charge is 2.36. The summed E-state index contributed by atoms with van der Waals surface area (Å²) in [5.41, 5.74) is 0. The van der Waals surface area contributed by atoms with E-state index in [0.29, 0.717) is 6.54 Å². The van der Waals surface area contributed by atoms with E-state index < -0.39 is 5.97 Å². The van der Waals surface area contributed by atoms with E-state index in [1.807, 2.05) is 0 Å². The first kappa shape index (κ1) is 9.65. The van der Waals surface area contributed by atoms with Crippen molar-refractivity contribution in [2.45, 2.75) is 19.3 Å². The number of carboxylic acid groups (broad SMARTS) is 1. The molecule has 3 fully saturated rings. The van der Waals surface area contributed by atoms with Crippen molar-refractivity contribution < 1.29 is 14.7 Å². The van der Waals surface area contributed by atoms with Crippen molar-refractivity contribution in [3.63, 3.8) is 0 Å². The van der Waals surface area contributed by atoms with Crippen LogP contribution in [0.3, 0.4) is 0 Å². The molecule has 2 bridgehead atoms. The first-order chi connectivity index (χ1) is 6.66. The van der Waals surface area contributed by atoms with Crippen LogP contribution in [-0.2, 0) is 9.59 Å². The average molecular weight is 197 g/mol. The summed E-state index contributed by atoms with van der Waals surface area (Å²) in [7, 11) is 0. The van der Waals surface area contributed by atoms with Crippen LogP contribution in [0.25, 0.3) is 0 Å². The second kappa shape index (κ2) is 3.69. The zero-order valence-electron chi connectivity index (χ0n) is 8.11. The lowest BCUT2D eigenvalue weighted by Gasteiger charge is -2.25. The van der Waals surface area contributed by atoms with Crippen LogP contribution in [0.2, 0.25) is 0 Å². The highest BCUT2D eigenvalue weighted by molar-refractivity contribution is 5.87. The summed E-state index contributed by atoms with van der Waals surface area (Å²) >= 11 is 0. The molecule has 1 atom stereocenters.